The molecule has 6 heteroatoms. The number of rotatable bonds is 7. The highest BCUT2D eigenvalue weighted by atomic mass is 16.5. The second-order valence-electron chi connectivity index (χ2n) is 7.93. The van der Waals surface area contributed by atoms with Crippen molar-refractivity contribution in [1.82, 2.24) is 20.0 Å². The molecule has 2 unspecified atom stereocenters. The Bertz CT molecular complexity index is 970. The molecule has 0 aliphatic carbocycles. The van der Waals surface area contributed by atoms with Gasteiger partial charge in [0.15, 0.2) is 5.96 Å². The van der Waals surface area contributed by atoms with Gasteiger partial charge in [-0.25, -0.2) is 4.68 Å². The van der Waals surface area contributed by atoms with Gasteiger partial charge in [-0.15, -0.1) is 0 Å². The van der Waals surface area contributed by atoms with Crippen LogP contribution in [0.3, 0.4) is 0 Å². The molecular formula is C25H31N5O. The number of nitrogens with one attached hydrogen (secondary N) is 1. The Labute approximate surface area is 184 Å². The van der Waals surface area contributed by atoms with E-state index in [4.69, 9.17) is 9.73 Å². The smallest absolute Gasteiger partial charge is 0.193 e. The molecule has 1 saturated heterocycles. The summed E-state index contributed by atoms with van der Waals surface area (Å²) in [4.78, 5) is 7.11. The molecule has 3 aromatic rings. The van der Waals surface area contributed by atoms with Crippen LogP contribution in [0.1, 0.15) is 30.6 Å². The van der Waals surface area contributed by atoms with Crippen molar-refractivity contribution in [2.45, 2.75) is 26.0 Å². The standard InChI is InChI=1S/C25H31N5O/c1-3-26-25(27-17-22-14-15-31-24(22)21-10-6-4-7-11-21)29(2)18-20-16-28-30(19-20)23-12-8-5-9-13-23/h4-13,16,19,22,24H,3,14-15,17-18H2,1-2H3,(H,26,27). The monoisotopic (exact) mass is 417 g/mol. The van der Waals surface area contributed by atoms with Crippen LogP contribution < -0.4 is 5.32 Å². The number of hydrogen-bond donors (Lipinski definition) is 1. The van der Waals surface area contributed by atoms with Gasteiger partial charge in [-0.2, -0.15) is 5.10 Å². The van der Waals surface area contributed by atoms with Gasteiger partial charge in [0.05, 0.1) is 18.0 Å². The number of guanidine groups is 1. The number of para-hydroxylation sites is 1. The summed E-state index contributed by atoms with van der Waals surface area (Å²) in [5.74, 6) is 1.30. The molecule has 2 aromatic carbocycles. The Morgan fingerprint density at radius 3 is 2.65 bits per heavy atom. The second-order valence-corrected chi connectivity index (χ2v) is 7.93. The molecule has 0 radical (unpaired) electrons. The fraction of sp³-hybridized carbons (Fsp3) is 0.360. The van der Waals surface area contributed by atoms with Gasteiger partial charge in [0.2, 0.25) is 0 Å². The zero-order valence-corrected chi connectivity index (χ0v) is 18.3. The largest absolute Gasteiger partial charge is 0.373 e. The lowest BCUT2D eigenvalue weighted by atomic mass is 9.95. The van der Waals surface area contributed by atoms with E-state index in [2.05, 4.69) is 71.9 Å². The van der Waals surface area contributed by atoms with Crippen LogP contribution in [0.2, 0.25) is 0 Å². The maximum atomic E-state index is 6.03. The zero-order chi connectivity index (χ0) is 21.5. The third kappa shape index (κ3) is 5.33. The molecule has 31 heavy (non-hydrogen) atoms. The van der Waals surface area contributed by atoms with Gasteiger partial charge in [0.1, 0.15) is 0 Å². The number of ether oxygens (including phenoxy) is 1. The Hall–Kier alpha value is -3.12. The normalized spacial score (nSPS) is 18.8. The molecular weight excluding hydrogens is 386 g/mol. The second kappa shape index (κ2) is 10.3. The highest BCUT2D eigenvalue weighted by molar-refractivity contribution is 5.79. The minimum atomic E-state index is 0.127. The van der Waals surface area contributed by atoms with Crippen molar-refractivity contribution in [2.75, 3.05) is 26.7 Å². The summed E-state index contributed by atoms with van der Waals surface area (Å²) in [5, 5.41) is 7.94. The lowest BCUT2D eigenvalue weighted by molar-refractivity contribution is 0.0925. The van der Waals surface area contributed by atoms with Crippen molar-refractivity contribution in [3.63, 3.8) is 0 Å². The van der Waals surface area contributed by atoms with Gasteiger partial charge in [-0.3, -0.25) is 4.99 Å². The first kappa shape index (κ1) is 21.1. The molecule has 0 spiro atoms. The Kier molecular flexibility index (Phi) is 6.99. The highest BCUT2D eigenvalue weighted by Gasteiger charge is 2.29. The van der Waals surface area contributed by atoms with Crippen molar-refractivity contribution < 1.29 is 4.74 Å². The third-order valence-corrected chi connectivity index (χ3v) is 5.59. The summed E-state index contributed by atoms with van der Waals surface area (Å²) in [6.45, 7) is 5.21. The molecule has 1 aliphatic rings. The molecule has 1 aliphatic heterocycles. The summed E-state index contributed by atoms with van der Waals surface area (Å²) < 4.78 is 7.94. The van der Waals surface area contributed by atoms with E-state index in [1.165, 1.54) is 5.56 Å². The van der Waals surface area contributed by atoms with Gasteiger partial charge in [-0.1, -0.05) is 48.5 Å². The number of aliphatic imine (C=N–C) groups is 1. The van der Waals surface area contributed by atoms with E-state index in [9.17, 15) is 0 Å². The van der Waals surface area contributed by atoms with Crippen LogP contribution >= 0.6 is 0 Å². The van der Waals surface area contributed by atoms with Crippen molar-refractivity contribution in [3.05, 3.63) is 84.2 Å². The maximum Gasteiger partial charge on any atom is 0.193 e. The van der Waals surface area contributed by atoms with E-state index in [-0.39, 0.29) is 6.10 Å². The van der Waals surface area contributed by atoms with Gasteiger partial charge in [0.25, 0.3) is 0 Å². The number of hydrogen-bond acceptors (Lipinski definition) is 3. The predicted molar refractivity (Wildman–Crippen MR) is 124 cm³/mol. The number of aromatic nitrogens is 2. The lowest BCUT2D eigenvalue weighted by Gasteiger charge is -2.23. The highest BCUT2D eigenvalue weighted by Crippen LogP contribution is 2.34. The Morgan fingerprint density at radius 1 is 1.16 bits per heavy atom. The quantitative estimate of drug-likeness (QED) is 0.466. The Balaban J connectivity index is 1.42. The van der Waals surface area contributed by atoms with Gasteiger partial charge in [0, 0.05) is 51.0 Å². The molecule has 0 amide bonds. The molecule has 0 saturated carbocycles. The first-order valence-electron chi connectivity index (χ1n) is 11.0. The summed E-state index contributed by atoms with van der Waals surface area (Å²) in [6, 6.07) is 20.7. The molecule has 1 aromatic heterocycles. The van der Waals surface area contributed by atoms with Crippen LogP contribution in [0, 0.1) is 5.92 Å². The molecule has 1 N–H and O–H groups in total. The average molecular weight is 418 g/mol. The first-order valence-corrected chi connectivity index (χ1v) is 11.0. The minimum Gasteiger partial charge on any atom is -0.373 e. The van der Waals surface area contributed by atoms with E-state index in [0.717, 1.165) is 49.9 Å². The topological polar surface area (TPSA) is 54.7 Å². The lowest BCUT2D eigenvalue weighted by Crippen LogP contribution is -2.38. The molecule has 6 nitrogen and oxygen atoms in total. The van der Waals surface area contributed by atoms with E-state index in [0.29, 0.717) is 5.92 Å². The summed E-state index contributed by atoms with van der Waals surface area (Å²) in [7, 11) is 2.07. The van der Waals surface area contributed by atoms with Crippen LogP contribution in [0.4, 0.5) is 0 Å². The summed E-state index contributed by atoms with van der Waals surface area (Å²) in [5.41, 5.74) is 3.44. The average Bonchev–Trinajstić information content (AvgIpc) is 3.47. The molecule has 2 atom stereocenters. The van der Waals surface area contributed by atoms with Crippen molar-refractivity contribution in [3.8, 4) is 5.69 Å². The maximum absolute atomic E-state index is 6.03. The third-order valence-electron chi connectivity index (χ3n) is 5.59. The number of benzene rings is 2. The fourth-order valence-corrected chi connectivity index (χ4v) is 4.02. The Morgan fingerprint density at radius 2 is 1.90 bits per heavy atom. The summed E-state index contributed by atoms with van der Waals surface area (Å²) >= 11 is 0. The molecule has 162 valence electrons. The van der Waals surface area contributed by atoms with Crippen molar-refractivity contribution in [1.29, 1.82) is 0 Å². The van der Waals surface area contributed by atoms with Gasteiger partial charge in [-0.05, 0) is 31.0 Å². The molecule has 4 rings (SSSR count). The number of nitrogens with zero attached hydrogens (tertiary/aromatic N) is 4. The molecule has 2 heterocycles. The van der Waals surface area contributed by atoms with E-state index < -0.39 is 0 Å². The van der Waals surface area contributed by atoms with Crippen LogP contribution in [0.5, 0.6) is 0 Å². The van der Waals surface area contributed by atoms with Crippen LogP contribution in [0.15, 0.2) is 78.0 Å². The van der Waals surface area contributed by atoms with Crippen LogP contribution in [-0.4, -0.2) is 47.4 Å². The van der Waals surface area contributed by atoms with Gasteiger partial charge >= 0.3 is 0 Å². The van der Waals surface area contributed by atoms with Crippen molar-refractivity contribution in [2.24, 2.45) is 10.9 Å². The van der Waals surface area contributed by atoms with Gasteiger partial charge < -0.3 is 15.0 Å². The SMILES string of the molecule is CCNC(=NCC1CCOC1c1ccccc1)N(C)Cc1cnn(-c2ccccc2)c1. The van der Waals surface area contributed by atoms with E-state index in [1.807, 2.05) is 35.1 Å². The predicted octanol–water partition coefficient (Wildman–Crippen LogP) is 4.05. The van der Waals surface area contributed by atoms with E-state index >= 15 is 0 Å². The minimum absolute atomic E-state index is 0.127. The summed E-state index contributed by atoms with van der Waals surface area (Å²) in [6.07, 6.45) is 5.16. The molecule has 0 bridgehead atoms. The van der Waals surface area contributed by atoms with Crippen LogP contribution in [0.25, 0.3) is 5.69 Å². The fourth-order valence-electron chi connectivity index (χ4n) is 4.02. The first-order chi connectivity index (χ1) is 15.2. The zero-order valence-electron chi connectivity index (χ0n) is 18.3. The molecule has 1 fully saturated rings. The van der Waals surface area contributed by atoms with E-state index in [1.54, 1.807) is 0 Å². The van der Waals surface area contributed by atoms with Crippen LogP contribution in [-0.2, 0) is 11.3 Å². The van der Waals surface area contributed by atoms with Crippen molar-refractivity contribution >= 4 is 5.96 Å².